The molecule has 5 rings (SSSR count). The number of aromatic nitrogens is 5. The van der Waals surface area contributed by atoms with Crippen LogP contribution in [0.3, 0.4) is 0 Å². The highest BCUT2D eigenvalue weighted by Crippen LogP contribution is 2.26. The second-order valence-corrected chi connectivity index (χ2v) is 7.90. The number of rotatable bonds is 6. The second-order valence-electron chi connectivity index (χ2n) is 7.90. The van der Waals surface area contributed by atoms with Crippen LogP contribution in [0.15, 0.2) is 47.6 Å². The van der Waals surface area contributed by atoms with Gasteiger partial charge in [0.05, 0.1) is 23.8 Å². The molecule has 170 valence electrons. The molecule has 1 aliphatic carbocycles. The molecule has 0 radical (unpaired) electrons. The van der Waals surface area contributed by atoms with E-state index < -0.39 is 11.7 Å². The van der Waals surface area contributed by atoms with Gasteiger partial charge in [0.15, 0.2) is 23.0 Å². The van der Waals surface area contributed by atoms with Gasteiger partial charge in [-0.3, -0.25) is 9.78 Å². The molecule has 33 heavy (non-hydrogen) atoms. The van der Waals surface area contributed by atoms with Crippen LogP contribution in [-0.2, 0) is 0 Å². The Morgan fingerprint density at radius 3 is 2.76 bits per heavy atom. The van der Waals surface area contributed by atoms with Crippen molar-refractivity contribution in [3.63, 3.8) is 0 Å². The van der Waals surface area contributed by atoms with Gasteiger partial charge in [0.1, 0.15) is 12.1 Å². The summed E-state index contributed by atoms with van der Waals surface area (Å²) in [4.78, 5) is 21.0. The Kier molecular flexibility index (Phi) is 5.57. The molecule has 4 aromatic heterocycles. The molecule has 4 aromatic rings. The van der Waals surface area contributed by atoms with E-state index in [0.29, 0.717) is 23.0 Å². The van der Waals surface area contributed by atoms with Gasteiger partial charge in [-0.2, -0.15) is 0 Å². The number of amides is 1. The zero-order valence-electron chi connectivity index (χ0n) is 17.5. The highest BCUT2D eigenvalue weighted by Gasteiger charge is 2.22. The molecule has 4 heterocycles. The van der Waals surface area contributed by atoms with E-state index in [1.54, 1.807) is 12.1 Å². The van der Waals surface area contributed by atoms with Gasteiger partial charge < -0.3 is 26.2 Å². The summed E-state index contributed by atoms with van der Waals surface area (Å²) in [5.41, 5.74) is 7.14. The minimum atomic E-state index is -0.640. The van der Waals surface area contributed by atoms with E-state index in [1.165, 1.54) is 29.2 Å². The van der Waals surface area contributed by atoms with E-state index in [-0.39, 0.29) is 23.5 Å². The van der Waals surface area contributed by atoms with Crippen LogP contribution in [0.1, 0.15) is 36.2 Å². The smallest absolute Gasteiger partial charge is 0.276 e. The number of carbonyl (C=O) groups excluding carboxylic acids is 1. The van der Waals surface area contributed by atoms with Gasteiger partial charge in [-0.25, -0.2) is 13.9 Å². The third-order valence-corrected chi connectivity index (χ3v) is 5.55. The summed E-state index contributed by atoms with van der Waals surface area (Å²) in [6.07, 6.45) is 8.95. The van der Waals surface area contributed by atoms with E-state index in [0.717, 1.165) is 31.9 Å². The molecule has 0 spiro atoms. The van der Waals surface area contributed by atoms with Gasteiger partial charge in [-0.05, 0) is 31.7 Å². The molecular weight excluding hydrogens is 429 g/mol. The van der Waals surface area contributed by atoms with Gasteiger partial charge in [0, 0.05) is 30.4 Å². The number of hydrogen-bond acceptors (Lipinski definition) is 9. The zero-order chi connectivity index (χ0) is 22.8. The van der Waals surface area contributed by atoms with E-state index in [2.05, 4.69) is 36.2 Å². The minimum absolute atomic E-state index is 0.0127. The third kappa shape index (κ3) is 4.46. The normalized spacial score (nSPS) is 18.2. The van der Waals surface area contributed by atoms with E-state index in [1.807, 2.05) is 0 Å². The largest absolute Gasteiger partial charge is 0.366 e. The lowest BCUT2D eigenvalue weighted by Crippen LogP contribution is -2.33. The highest BCUT2D eigenvalue weighted by molar-refractivity contribution is 6.03. The number of nitrogens with two attached hydrogens (primary N) is 1. The lowest BCUT2D eigenvalue weighted by atomic mass is 9.92. The average Bonchev–Trinajstić information content (AvgIpc) is 3.47. The van der Waals surface area contributed by atoms with E-state index >= 15 is 0 Å². The maximum absolute atomic E-state index is 14.0. The standard InChI is InChI=1S/C21H22FN9O2/c22-14-10-24-7-5-15(14)28-21(32)17-11-25-20-16(27-18-6-8-33-30-18)9-19(29-31(17)20)26-13-3-1-12(23)2-4-13/h5-13H,1-4,23H2,(H,26,29)(H,27,30)(H,24,28,32). The summed E-state index contributed by atoms with van der Waals surface area (Å²) in [5, 5.41) is 17.6. The maximum atomic E-state index is 14.0. The first-order chi connectivity index (χ1) is 16.1. The van der Waals surface area contributed by atoms with Crippen LogP contribution in [0.4, 0.5) is 27.4 Å². The van der Waals surface area contributed by atoms with Crippen molar-refractivity contribution in [2.75, 3.05) is 16.0 Å². The zero-order valence-corrected chi connectivity index (χ0v) is 17.5. The van der Waals surface area contributed by atoms with Gasteiger partial charge in [-0.15, -0.1) is 5.10 Å². The van der Waals surface area contributed by atoms with Crippen LogP contribution in [0, 0.1) is 5.82 Å². The van der Waals surface area contributed by atoms with Gasteiger partial charge in [-0.1, -0.05) is 5.16 Å². The van der Waals surface area contributed by atoms with Crippen LogP contribution in [0.2, 0.25) is 0 Å². The molecule has 1 aliphatic rings. The Bertz CT molecular complexity index is 1270. The molecule has 1 amide bonds. The quantitative estimate of drug-likeness (QED) is 0.347. The van der Waals surface area contributed by atoms with E-state index in [9.17, 15) is 9.18 Å². The number of anilines is 4. The summed E-state index contributed by atoms with van der Waals surface area (Å²) in [6.45, 7) is 0. The topological polar surface area (TPSA) is 148 Å². The first-order valence-corrected chi connectivity index (χ1v) is 10.6. The number of nitrogens with one attached hydrogen (secondary N) is 3. The third-order valence-electron chi connectivity index (χ3n) is 5.55. The average molecular weight is 451 g/mol. The van der Waals surface area contributed by atoms with Gasteiger partial charge in [0.2, 0.25) is 0 Å². The monoisotopic (exact) mass is 451 g/mol. The van der Waals surface area contributed by atoms with Crippen LogP contribution >= 0.6 is 0 Å². The van der Waals surface area contributed by atoms with Crippen molar-refractivity contribution in [2.45, 2.75) is 37.8 Å². The molecule has 0 atom stereocenters. The van der Waals surface area contributed by atoms with Crippen LogP contribution in [-0.4, -0.2) is 42.7 Å². The van der Waals surface area contributed by atoms with Crippen molar-refractivity contribution < 1.29 is 13.7 Å². The molecule has 0 aliphatic heterocycles. The molecule has 11 nitrogen and oxygen atoms in total. The molecule has 5 N–H and O–H groups in total. The number of hydrogen-bond donors (Lipinski definition) is 4. The number of fused-ring (bicyclic) bond motifs is 1. The SMILES string of the molecule is NC1CCC(Nc2cc(Nc3ccon3)c3ncc(C(=O)Nc4ccncc4F)n3n2)CC1. The molecule has 12 heteroatoms. The highest BCUT2D eigenvalue weighted by atomic mass is 19.1. The number of nitrogens with zero attached hydrogens (tertiary/aromatic N) is 5. The van der Waals surface area contributed by atoms with Crippen molar-refractivity contribution in [2.24, 2.45) is 5.73 Å². The Morgan fingerprint density at radius 2 is 2.00 bits per heavy atom. The number of imidazole rings is 1. The summed E-state index contributed by atoms with van der Waals surface area (Å²) < 4.78 is 20.3. The Morgan fingerprint density at radius 1 is 1.15 bits per heavy atom. The van der Waals surface area contributed by atoms with Crippen molar-refractivity contribution in [3.8, 4) is 0 Å². The lowest BCUT2D eigenvalue weighted by Gasteiger charge is -2.27. The van der Waals surface area contributed by atoms with Crippen LogP contribution in [0.25, 0.3) is 5.65 Å². The molecule has 0 saturated heterocycles. The molecule has 0 bridgehead atoms. The Balaban J connectivity index is 1.49. The first kappa shape index (κ1) is 20.8. The molecule has 0 unspecified atom stereocenters. The Labute approximate surface area is 187 Å². The van der Waals surface area contributed by atoms with Crippen LogP contribution in [0.5, 0.6) is 0 Å². The van der Waals surface area contributed by atoms with Crippen molar-refractivity contribution >= 4 is 34.6 Å². The molecule has 1 fully saturated rings. The predicted molar refractivity (Wildman–Crippen MR) is 119 cm³/mol. The fourth-order valence-electron chi connectivity index (χ4n) is 3.84. The minimum Gasteiger partial charge on any atom is -0.366 e. The second kappa shape index (κ2) is 8.82. The maximum Gasteiger partial charge on any atom is 0.276 e. The first-order valence-electron chi connectivity index (χ1n) is 10.6. The summed E-state index contributed by atoms with van der Waals surface area (Å²) in [5.74, 6) is -0.172. The van der Waals surface area contributed by atoms with Crippen molar-refractivity contribution in [1.29, 1.82) is 0 Å². The van der Waals surface area contributed by atoms with Crippen LogP contribution < -0.4 is 21.7 Å². The predicted octanol–water partition coefficient (Wildman–Crippen LogP) is 2.93. The fraction of sp³-hybridized carbons (Fsp3) is 0.286. The van der Waals surface area contributed by atoms with Crippen molar-refractivity contribution in [3.05, 3.63) is 54.6 Å². The van der Waals surface area contributed by atoms with Gasteiger partial charge in [0.25, 0.3) is 5.91 Å². The molecule has 0 aromatic carbocycles. The number of halogens is 1. The molecular formula is C21H22FN9O2. The summed E-state index contributed by atoms with van der Waals surface area (Å²) in [7, 11) is 0. The summed E-state index contributed by atoms with van der Waals surface area (Å²) in [6, 6.07) is 5.27. The van der Waals surface area contributed by atoms with Gasteiger partial charge >= 0.3 is 0 Å². The molecule has 1 saturated carbocycles. The van der Waals surface area contributed by atoms with E-state index in [4.69, 9.17) is 10.3 Å². The number of pyridine rings is 1. The van der Waals surface area contributed by atoms with Crippen molar-refractivity contribution in [1.82, 2.24) is 24.7 Å². The lowest BCUT2D eigenvalue weighted by molar-refractivity contribution is 0.102. The summed E-state index contributed by atoms with van der Waals surface area (Å²) >= 11 is 0. The number of carbonyl (C=O) groups is 1. The fourth-order valence-corrected chi connectivity index (χ4v) is 3.84. The Hall–Kier alpha value is -4.06.